The van der Waals surface area contributed by atoms with Crippen molar-refractivity contribution in [2.75, 3.05) is 0 Å². The first-order valence-electron chi connectivity index (χ1n) is 6.10. The lowest BCUT2D eigenvalue weighted by atomic mass is 9.54. The van der Waals surface area contributed by atoms with Gasteiger partial charge in [-0.2, -0.15) is 0 Å². The van der Waals surface area contributed by atoms with E-state index in [0.717, 1.165) is 11.8 Å². The topological polar surface area (TPSA) is 0 Å². The zero-order valence-electron chi connectivity index (χ0n) is 10.4. The van der Waals surface area contributed by atoms with Crippen LogP contribution in [-0.2, 0) is 0 Å². The van der Waals surface area contributed by atoms with E-state index in [2.05, 4.69) is 40.7 Å². The standard InChI is InChI=1S/C14H24/c1-6-11-9-12-8-7-10(2)14(11,5)13(12,3)4/h6,10,12H,7-9H2,1-5H3. The van der Waals surface area contributed by atoms with Crippen LogP contribution in [0, 0.1) is 22.7 Å². The van der Waals surface area contributed by atoms with Crippen molar-refractivity contribution in [3.05, 3.63) is 11.6 Å². The van der Waals surface area contributed by atoms with Crippen molar-refractivity contribution in [3.63, 3.8) is 0 Å². The van der Waals surface area contributed by atoms with Gasteiger partial charge in [0, 0.05) is 0 Å². The second-order valence-corrected chi connectivity index (χ2v) is 6.12. The maximum atomic E-state index is 2.51. The zero-order valence-corrected chi connectivity index (χ0v) is 10.4. The average molecular weight is 192 g/mol. The maximum Gasteiger partial charge on any atom is -0.00369 e. The summed E-state index contributed by atoms with van der Waals surface area (Å²) in [5, 5.41) is 0. The molecule has 0 N–H and O–H groups in total. The smallest absolute Gasteiger partial charge is 0.00369 e. The molecule has 0 heteroatoms. The van der Waals surface area contributed by atoms with Crippen LogP contribution in [-0.4, -0.2) is 0 Å². The van der Waals surface area contributed by atoms with E-state index in [9.17, 15) is 0 Å². The van der Waals surface area contributed by atoms with Crippen molar-refractivity contribution in [2.24, 2.45) is 22.7 Å². The van der Waals surface area contributed by atoms with Crippen LogP contribution in [0.15, 0.2) is 11.6 Å². The van der Waals surface area contributed by atoms with Gasteiger partial charge in [-0.15, -0.1) is 0 Å². The van der Waals surface area contributed by atoms with Crippen molar-refractivity contribution in [1.82, 2.24) is 0 Å². The van der Waals surface area contributed by atoms with Crippen molar-refractivity contribution < 1.29 is 0 Å². The Morgan fingerprint density at radius 1 is 1.21 bits per heavy atom. The fourth-order valence-electron chi connectivity index (χ4n) is 4.14. The van der Waals surface area contributed by atoms with E-state index in [0.29, 0.717) is 10.8 Å². The first-order valence-corrected chi connectivity index (χ1v) is 6.10. The highest BCUT2D eigenvalue weighted by Crippen LogP contribution is 2.67. The molecule has 3 atom stereocenters. The van der Waals surface area contributed by atoms with E-state index < -0.39 is 0 Å². The third-order valence-corrected chi connectivity index (χ3v) is 5.77. The van der Waals surface area contributed by atoms with Crippen LogP contribution >= 0.6 is 0 Å². The van der Waals surface area contributed by atoms with Crippen molar-refractivity contribution in [1.29, 1.82) is 0 Å². The van der Waals surface area contributed by atoms with Gasteiger partial charge >= 0.3 is 0 Å². The summed E-state index contributed by atoms with van der Waals surface area (Å²) < 4.78 is 0. The fraction of sp³-hybridized carbons (Fsp3) is 0.857. The lowest BCUT2D eigenvalue weighted by molar-refractivity contribution is 0.00821. The van der Waals surface area contributed by atoms with E-state index in [1.165, 1.54) is 19.3 Å². The molecule has 0 aliphatic heterocycles. The van der Waals surface area contributed by atoms with Gasteiger partial charge in [0.25, 0.3) is 0 Å². The van der Waals surface area contributed by atoms with Gasteiger partial charge in [0.1, 0.15) is 0 Å². The third-order valence-electron chi connectivity index (χ3n) is 5.77. The molecule has 0 aromatic carbocycles. The first kappa shape index (κ1) is 10.3. The molecule has 2 rings (SSSR count). The molecule has 0 heterocycles. The zero-order chi connectivity index (χ0) is 10.6. The molecule has 80 valence electrons. The van der Waals surface area contributed by atoms with Gasteiger partial charge in [-0.25, -0.2) is 0 Å². The molecule has 2 saturated carbocycles. The van der Waals surface area contributed by atoms with Crippen molar-refractivity contribution in [3.8, 4) is 0 Å². The number of rotatable bonds is 0. The van der Waals surface area contributed by atoms with Gasteiger partial charge in [-0.05, 0) is 48.9 Å². The van der Waals surface area contributed by atoms with Gasteiger partial charge in [0.2, 0.25) is 0 Å². The maximum absolute atomic E-state index is 2.51. The molecule has 0 spiro atoms. The Labute approximate surface area is 88.8 Å². The molecule has 0 nitrogen and oxygen atoms in total. The highest BCUT2D eigenvalue weighted by molar-refractivity contribution is 5.28. The average Bonchev–Trinajstić information content (AvgIpc) is 2.26. The number of allylic oxidation sites excluding steroid dienone is 2. The summed E-state index contributed by atoms with van der Waals surface area (Å²) in [4.78, 5) is 0. The number of hydrogen-bond donors (Lipinski definition) is 0. The lowest BCUT2D eigenvalue weighted by Gasteiger charge is -2.50. The minimum absolute atomic E-state index is 0.477. The van der Waals surface area contributed by atoms with Crippen molar-refractivity contribution >= 4 is 0 Å². The molecule has 2 aliphatic rings. The Balaban J connectivity index is 2.52. The number of hydrogen-bond acceptors (Lipinski definition) is 0. The van der Waals surface area contributed by atoms with Crippen LogP contribution in [0.2, 0.25) is 0 Å². The van der Waals surface area contributed by atoms with Gasteiger partial charge in [0.05, 0.1) is 0 Å². The summed E-state index contributed by atoms with van der Waals surface area (Å²) >= 11 is 0. The van der Waals surface area contributed by atoms with Crippen molar-refractivity contribution in [2.45, 2.75) is 53.9 Å². The molecular weight excluding hydrogens is 168 g/mol. The van der Waals surface area contributed by atoms with Crippen LogP contribution in [0.3, 0.4) is 0 Å². The van der Waals surface area contributed by atoms with Gasteiger partial charge in [-0.1, -0.05) is 39.3 Å². The fourth-order valence-corrected chi connectivity index (χ4v) is 4.14. The quantitative estimate of drug-likeness (QED) is 0.499. The summed E-state index contributed by atoms with van der Waals surface area (Å²) in [5.41, 5.74) is 2.73. The predicted molar refractivity (Wildman–Crippen MR) is 62.2 cm³/mol. The normalized spacial score (nSPS) is 48.5. The van der Waals surface area contributed by atoms with Gasteiger partial charge in [0.15, 0.2) is 0 Å². The predicted octanol–water partition coefficient (Wildman–Crippen LogP) is 4.42. The second-order valence-electron chi connectivity index (χ2n) is 6.12. The molecule has 2 fully saturated rings. The highest BCUT2D eigenvalue weighted by atomic mass is 14.6. The second kappa shape index (κ2) is 2.87. The van der Waals surface area contributed by atoms with E-state index in [1.54, 1.807) is 5.57 Å². The molecule has 0 aromatic heterocycles. The van der Waals surface area contributed by atoms with E-state index in [4.69, 9.17) is 0 Å². The SMILES string of the molecule is CC=C1CC2CCC(C)C1(C)C2(C)C. The lowest BCUT2D eigenvalue weighted by Crippen LogP contribution is -2.43. The summed E-state index contributed by atoms with van der Waals surface area (Å²) in [5.74, 6) is 1.80. The molecule has 0 amide bonds. The molecule has 0 radical (unpaired) electrons. The molecule has 3 unspecified atom stereocenters. The molecule has 2 bridgehead atoms. The third kappa shape index (κ3) is 0.951. The molecular formula is C14H24. The van der Waals surface area contributed by atoms with Crippen LogP contribution in [0.1, 0.15) is 53.9 Å². The summed E-state index contributed by atoms with van der Waals surface area (Å²) in [6.07, 6.45) is 6.64. The number of fused-ring (bicyclic) bond motifs is 2. The minimum atomic E-state index is 0.477. The Kier molecular flexibility index (Phi) is 2.10. The van der Waals surface area contributed by atoms with E-state index >= 15 is 0 Å². The summed E-state index contributed by atoms with van der Waals surface area (Å²) in [7, 11) is 0. The van der Waals surface area contributed by atoms with Gasteiger partial charge in [-0.3, -0.25) is 0 Å². The van der Waals surface area contributed by atoms with Crippen LogP contribution in [0.4, 0.5) is 0 Å². The Bertz CT molecular complexity index is 272. The highest BCUT2D eigenvalue weighted by Gasteiger charge is 2.58. The van der Waals surface area contributed by atoms with Gasteiger partial charge < -0.3 is 0 Å². The molecule has 14 heavy (non-hydrogen) atoms. The van der Waals surface area contributed by atoms with E-state index in [-0.39, 0.29) is 0 Å². The Hall–Kier alpha value is -0.260. The van der Waals surface area contributed by atoms with Crippen LogP contribution in [0.25, 0.3) is 0 Å². The summed E-state index contributed by atoms with van der Waals surface area (Å²) in [6.45, 7) is 12.2. The largest absolute Gasteiger partial charge is 0.0879 e. The van der Waals surface area contributed by atoms with Crippen LogP contribution in [0.5, 0.6) is 0 Å². The molecule has 0 aromatic rings. The monoisotopic (exact) mass is 192 g/mol. The van der Waals surface area contributed by atoms with E-state index in [1.807, 2.05) is 0 Å². The molecule has 2 aliphatic carbocycles. The van der Waals surface area contributed by atoms with Crippen LogP contribution < -0.4 is 0 Å². The minimum Gasteiger partial charge on any atom is -0.0879 e. The first-order chi connectivity index (χ1) is 6.44. The summed E-state index contributed by atoms with van der Waals surface area (Å²) in [6, 6.07) is 0. The Morgan fingerprint density at radius 3 is 2.43 bits per heavy atom. The molecule has 0 saturated heterocycles. The Morgan fingerprint density at radius 2 is 1.86 bits per heavy atom.